The molecule has 0 aliphatic heterocycles. The molecule has 2 aromatic heterocycles. The molecule has 0 aromatic carbocycles. The van der Waals surface area contributed by atoms with Gasteiger partial charge in [-0.05, 0) is 62.5 Å². The Bertz CT molecular complexity index is 691. The number of thioether (sulfide) groups is 2. The van der Waals surface area contributed by atoms with Gasteiger partial charge < -0.3 is 0 Å². The molecule has 4 rings (SSSR count). The van der Waals surface area contributed by atoms with Gasteiger partial charge in [0, 0.05) is 35.3 Å². The summed E-state index contributed by atoms with van der Waals surface area (Å²) in [6.45, 7) is 7.65. The van der Waals surface area contributed by atoms with Crippen molar-refractivity contribution < 1.29 is 0 Å². The standard InChI is InChI=1S/2C12H16N2S/c2*1-2-5-10-6-3-7-11(10)15-12-13-8-4-9-14-12/h2*2,4,8-11H,1,3,5-7H2/t2*10-,11+/m10/s1. The van der Waals surface area contributed by atoms with Crippen LogP contribution in [0.2, 0.25) is 0 Å². The van der Waals surface area contributed by atoms with E-state index < -0.39 is 0 Å². The van der Waals surface area contributed by atoms with Crippen molar-refractivity contribution in [3.05, 3.63) is 62.2 Å². The third-order valence-corrected chi connectivity index (χ3v) is 8.41. The molecular formula is C24H32N4S2. The lowest BCUT2D eigenvalue weighted by Gasteiger charge is -2.16. The molecule has 0 unspecified atom stereocenters. The van der Waals surface area contributed by atoms with Crippen LogP contribution in [-0.4, -0.2) is 30.4 Å². The summed E-state index contributed by atoms with van der Waals surface area (Å²) >= 11 is 3.66. The second-order valence-electron chi connectivity index (χ2n) is 7.81. The largest absolute Gasteiger partial charge is 0.231 e. The Hall–Kier alpha value is -1.66. The van der Waals surface area contributed by atoms with Gasteiger partial charge in [0.25, 0.3) is 0 Å². The fraction of sp³-hybridized carbons (Fsp3) is 0.500. The minimum Gasteiger partial charge on any atom is -0.231 e. The molecule has 0 radical (unpaired) electrons. The molecule has 2 aliphatic carbocycles. The zero-order valence-corrected chi connectivity index (χ0v) is 19.2. The first-order valence-corrected chi connectivity index (χ1v) is 12.6. The summed E-state index contributed by atoms with van der Waals surface area (Å²) in [4.78, 5) is 17.1. The number of hydrogen-bond donors (Lipinski definition) is 0. The van der Waals surface area contributed by atoms with Gasteiger partial charge in [0.1, 0.15) is 0 Å². The van der Waals surface area contributed by atoms with Crippen LogP contribution in [0.1, 0.15) is 51.4 Å². The zero-order chi connectivity index (χ0) is 21.0. The molecule has 2 aliphatic rings. The third-order valence-electron chi connectivity index (χ3n) is 5.72. The summed E-state index contributed by atoms with van der Waals surface area (Å²) < 4.78 is 0. The fourth-order valence-electron chi connectivity index (χ4n) is 4.25. The van der Waals surface area contributed by atoms with Crippen LogP contribution in [-0.2, 0) is 0 Å². The topological polar surface area (TPSA) is 51.6 Å². The van der Waals surface area contributed by atoms with Crippen molar-refractivity contribution in [1.82, 2.24) is 19.9 Å². The number of rotatable bonds is 8. The van der Waals surface area contributed by atoms with Gasteiger partial charge >= 0.3 is 0 Å². The van der Waals surface area contributed by atoms with Crippen LogP contribution in [0.4, 0.5) is 0 Å². The van der Waals surface area contributed by atoms with Gasteiger partial charge in [-0.3, -0.25) is 0 Å². The number of aromatic nitrogens is 4. The number of nitrogens with zero attached hydrogens (tertiary/aromatic N) is 4. The highest BCUT2D eigenvalue weighted by Gasteiger charge is 2.28. The van der Waals surface area contributed by atoms with Crippen LogP contribution in [0.5, 0.6) is 0 Å². The zero-order valence-electron chi connectivity index (χ0n) is 17.6. The molecular weight excluding hydrogens is 408 g/mol. The van der Waals surface area contributed by atoms with E-state index in [0.29, 0.717) is 10.5 Å². The quantitative estimate of drug-likeness (QED) is 0.339. The maximum absolute atomic E-state index is 4.26. The molecule has 0 spiro atoms. The maximum Gasteiger partial charge on any atom is 0.187 e. The summed E-state index contributed by atoms with van der Waals surface area (Å²) in [5.41, 5.74) is 0. The Balaban J connectivity index is 0.000000171. The Kier molecular flexibility index (Phi) is 9.90. The Morgan fingerprint density at radius 3 is 1.47 bits per heavy atom. The van der Waals surface area contributed by atoms with E-state index in [0.717, 1.165) is 35.0 Å². The highest BCUT2D eigenvalue weighted by atomic mass is 32.2. The average molecular weight is 441 g/mol. The summed E-state index contributed by atoms with van der Waals surface area (Å²) in [6.07, 6.45) is 21.5. The van der Waals surface area contributed by atoms with E-state index in [9.17, 15) is 0 Å². The highest BCUT2D eigenvalue weighted by molar-refractivity contribution is 8.00. The van der Waals surface area contributed by atoms with E-state index in [1.54, 1.807) is 0 Å². The number of allylic oxidation sites excluding steroid dienone is 2. The minimum atomic E-state index is 0.686. The van der Waals surface area contributed by atoms with Crippen molar-refractivity contribution in [1.29, 1.82) is 0 Å². The molecule has 2 aromatic rings. The van der Waals surface area contributed by atoms with Crippen LogP contribution in [0.25, 0.3) is 0 Å². The SMILES string of the molecule is C=CC[C@@H]1CCC[C@@H]1Sc1ncccn1.C=CC[C@H]1CCC[C@H]1Sc1ncccn1. The van der Waals surface area contributed by atoms with Gasteiger partial charge in [-0.15, -0.1) is 13.2 Å². The van der Waals surface area contributed by atoms with E-state index >= 15 is 0 Å². The first kappa shape index (κ1) is 23.0. The molecule has 30 heavy (non-hydrogen) atoms. The van der Waals surface area contributed by atoms with Crippen molar-refractivity contribution in [3.8, 4) is 0 Å². The lowest BCUT2D eigenvalue weighted by atomic mass is 10.0. The molecule has 0 bridgehead atoms. The first-order valence-electron chi connectivity index (χ1n) is 10.9. The van der Waals surface area contributed by atoms with Gasteiger partial charge in [0.05, 0.1) is 0 Å². The summed E-state index contributed by atoms with van der Waals surface area (Å²) in [6, 6.07) is 3.72. The molecule has 160 valence electrons. The predicted molar refractivity (Wildman–Crippen MR) is 128 cm³/mol. The normalized spacial score (nSPS) is 25.3. The van der Waals surface area contributed by atoms with E-state index in [-0.39, 0.29) is 0 Å². The van der Waals surface area contributed by atoms with Crippen LogP contribution in [0.15, 0.2) is 72.5 Å². The maximum atomic E-state index is 4.26. The van der Waals surface area contributed by atoms with Gasteiger partial charge in [0.15, 0.2) is 10.3 Å². The molecule has 0 N–H and O–H groups in total. The first-order chi connectivity index (χ1) is 14.8. The molecule has 2 fully saturated rings. The minimum absolute atomic E-state index is 0.686. The Morgan fingerprint density at radius 2 is 1.10 bits per heavy atom. The van der Waals surface area contributed by atoms with Gasteiger partial charge in [-0.25, -0.2) is 19.9 Å². The van der Waals surface area contributed by atoms with Crippen molar-refractivity contribution >= 4 is 23.5 Å². The monoisotopic (exact) mass is 440 g/mol. The van der Waals surface area contributed by atoms with Crippen molar-refractivity contribution in [2.24, 2.45) is 11.8 Å². The van der Waals surface area contributed by atoms with E-state index in [1.807, 2.05) is 72.6 Å². The number of hydrogen-bond acceptors (Lipinski definition) is 6. The molecule has 4 atom stereocenters. The Labute approximate surface area is 189 Å². The summed E-state index contributed by atoms with van der Waals surface area (Å²) in [5, 5.41) is 3.20. The van der Waals surface area contributed by atoms with Crippen LogP contribution in [0.3, 0.4) is 0 Å². The second-order valence-corrected chi connectivity index (χ2v) is 10.2. The van der Waals surface area contributed by atoms with Crippen LogP contribution >= 0.6 is 23.5 Å². The molecule has 2 heterocycles. The summed E-state index contributed by atoms with van der Waals surface area (Å²) in [7, 11) is 0. The van der Waals surface area contributed by atoms with Crippen molar-refractivity contribution in [3.63, 3.8) is 0 Å². The predicted octanol–water partition coefficient (Wildman–Crippen LogP) is 6.63. The van der Waals surface area contributed by atoms with E-state index in [4.69, 9.17) is 0 Å². The van der Waals surface area contributed by atoms with Crippen molar-refractivity contribution in [2.75, 3.05) is 0 Å². The molecule has 0 amide bonds. The molecule has 6 heteroatoms. The average Bonchev–Trinajstić information content (AvgIpc) is 3.40. The van der Waals surface area contributed by atoms with Gasteiger partial charge in [-0.2, -0.15) is 0 Å². The molecule has 2 saturated carbocycles. The van der Waals surface area contributed by atoms with Gasteiger partial charge in [0.2, 0.25) is 0 Å². The lowest BCUT2D eigenvalue weighted by molar-refractivity contribution is 0.569. The third kappa shape index (κ3) is 7.24. The van der Waals surface area contributed by atoms with Crippen molar-refractivity contribution in [2.45, 2.75) is 72.2 Å². The molecule has 0 saturated heterocycles. The second kappa shape index (κ2) is 12.9. The van der Waals surface area contributed by atoms with Crippen LogP contribution < -0.4 is 0 Å². The molecule has 4 nitrogen and oxygen atoms in total. The fourth-order valence-corrected chi connectivity index (χ4v) is 6.72. The lowest BCUT2D eigenvalue weighted by Crippen LogP contribution is -2.09. The van der Waals surface area contributed by atoms with Crippen LogP contribution in [0, 0.1) is 11.8 Å². The Morgan fingerprint density at radius 1 is 0.700 bits per heavy atom. The van der Waals surface area contributed by atoms with E-state index in [1.165, 1.54) is 38.5 Å². The summed E-state index contributed by atoms with van der Waals surface area (Å²) in [5.74, 6) is 1.55. The van der Waals surface area contributed by atoms with E-state index in [2.05, 4.69) is 33.1 Å². The highest BCUT2D eigenvalue weighted by Crippen LogP contribution is 2.40. The smallest absolute Gasteiger partial charge is 0.187 e. The van der Waals surface area contributed by atoms with Gasteiger partial charge in [-0.1, -0.05) is 48.5 Å².